The van der Waals surface area contributed by atoms with Gasteiger partial charge in [0.05, 0.1) is 6.54 Å². The van der Waals surface area contributed by atoms with Crippen molar-refractivity contribution < 1.29 is 37.1 Å². The van der Waals surface area contributed by atoms with Crippen molar-refractivity contribution in [1.82, 2.24) is 15.5 Å². The summed E-state index contributed by atoms with van der Waals surface area (Å²) in [5.41, 5.74) is 0.391. The Kier molecular flexibility index (Phi) is 7.22. The summed E-state index contributed by atoms with van der Waals surface area (Å²) in [6, 6.07) is 4.33. The lowest BCUT2D eigenvalue weighted by Gasteiger charge is -2.31. The van der Waals surface area contributed by atoms with Crippen molar-refractivity contribution in [3.63, 3.8) is 0 Å². The predicted molar refractivity (Wildman–Crippen MR) is 114 cm³/mol. The molecule has 3 N–H and O–H groups in total. The van der Waals surface area contributed by atoms with E-state index in [0.29, 0.717) is 40.9 Å². The normalized spacial score (nSPS) is 20.3. The van der Waals surface area contributed by atoms with E-state index in [-0.39, 0.29) is 12.5 Å². The molecule has 0 aliphatic carbocycles. The Morgan fingerprint density at radius 3 is 2.47 bits per heavy atom. The van der Waals surface area contributed by atoms with Crippen molar-refractivity contribution in [2.75, 3.05) is 13.1 Å². The number of carboxylic acid groups (broad SMARTS) is 1. The Bertz CT molecular complexity index is 1190. The number of rotatable bonds is 3. The van der Waals surface area contributed by atoms with Gasteiger partial charge in [0, 0.05) is 23.0 Å². The smallest absolute Gasteiger partial charge is 0.475 e. The fourth-order valence-corrected chi connectivity index (χ4v) is 4.17. The van der Waals surface area contributed by atoms with Gasteiger partial charge in [0.15, 0.2) is 0 Å². The van der Waals surface area contributed by atoms with E-state index in [9.17, 15) is 27.6 Å². The van der Waals surface area contributed by atoms with Gasteiger partial charge in [-0.2, -0.15) is 13.2 Å². The minimum Gasteiger partial charge on any atom is -0.475 e. The summed E-state index contributed by atoms with van der Waals surface area (Å²) in [4.78, 5) is 47.5. The Balaban J connectivity index is 0.000000406. The lowest BCUT2D eigenvalue weighted by Crippen LogP contribution is -2.57. The third-order valence-corrected chi connectivity index (χ3v) is 5.93. The summed E-state index contributed by atoms with van der Waals surface area (Å²) >= 11 is 6.32. The molecule has 1 aromatic carbocycles. The molecule has 184 valence electrons. The first kappa shape index (κ1) is 25.5. The number of hydrogen-bond acceptors (Lipinski definition) is 6. The van der Waals surface area contributed by atoms with Crippen molar-refractivity contribution in [2.45, 2.75) is 44.4 Å². The number of halogens is 4. The maximum Gasteiger partial charge on any atom is 0.490 e. The number of imide groups is 1. The molecular formula is C21H21ClF3N3O6. The highest BCUT2D eigenvalue weighted by atomic mass is 35.5. The second kappa shape index (κ2) is 9.63. The van der Waals surface area contributed by atoms with Gasteiger partial charge in [-0.3, -0.25) is 9.69 Å². The topological polar surface area (TPSA) is 129 Å². The Hall–Kier alpha value is -3.12. The predicted octanol–water partition coefficient (Wildman–Crippen LogP) is 2.82. The summed E-state index contributed by atoms with van der Waals surface area (Å²) in [6.07, 6.45) is -2.97. The zero-order valence-corrected chi connectivity index (χ0v) is 18.7. The summed E-state index contributed by atoms with van der Waals surface area (Å²) in [7, 11) is 0. The van der Waals surface area contributed by atoms with E-state index in [1.54, 1.807) is 12.1 Å². The number of nitrogens with zero attached hydrogens (tertiary/aromatic N) is 1. The number of aliphatic carboxylic acids is 1. The van der Waals surface area contributed by atoms with Crippen LogP contribution in [0.1, 0.15) is 30.9 Å². The molecule has 3 amide bonds. The first-order valence-electron chi connectivity index (χ1n) is 10.3. The van der Waals surface area contributed by atoms with Crippen molar-refractivity contribution in [1.29, 1.82) is 0 Å². The minimum atomic E-state index is -5.08. The molecule has 3 heterocycles. The van der Waals surface area contributed by atoms with Crippen LogP contribution in [-0.4, -0.2) is 52.7 Å². The number of nitrogens with one attached hydrogen (secondary N) is 2. The molecule has 2 saturated heterocycles. The fraction of sp³-hybridized carbons (Fsp3) is 0.429. The molecule has 0 radical (unpaired) electrons. The maximum atomic E-state index is 13.0. The molecule has 1 atom stereocenters. The number of carbonyl (C=O) groups is 3. The van der Waals surface area contributed by atoms with Gasteiger partial charge in [-0.25, -0.2) is 14.4 Å². The van der Waals surface area contributed by atoms with Gasteiger partial charge in [0.1, 0.15) is 11.1 Å². The molecule has 0 saturated carbocycles. The molecule has 2 aliphatic rings. The maximum absolute atomic E-state index is 13.0. The fourth-order valence-electron chi connectivity index (χ4n) is 3.88. The summed E-state index contributed by atoms with van der Waals surface area (Å²) in [5.74, 6) is -3.02. The van der Waals surface area contributed by atoms with Crippen LogP contribution in [0.25, 0.3) is 11.0 Å². The number of carboxylic acids is 1. The molecule has 1 spiro atoms. The van der Waals surface area contributed by atoms with Crippen molar-refractivity contribution in [3.8, 4) is 0 Å². The molecule has 2 aromatic rings. The molecule has 1 aromatic heterocycles. The van der Waals surface area contributed by atoms with E-state index in [1.165, 1.54) is 11.0 Å². The first-order chi connectivity index (χ1) is 15.9. The van der Waals surface area contributed by atoms with Gasteiger partial charge >= 0.3 is 23.8 Å². The molecule has 0 bridgehead atoms. The van der Waals surface area contributed by atoms with E-state index < -0.39 is 29.3 Å². The van der Waals surface area contributed by atoms with Crippen LogP contribution < -0.4 is 16.3 Å². The van der Waals surface area contributed by atoms with Crippen LogP contribution in [0.4, 0.5) is 18.0 Å². The van der Waals surface area contributed by atoms with E-state index >= 15 is 0 Å². The van der Waals surface area contributed by atoms with Gasteiger partial charge in [-0.05, 0) is 49.1 Å². The third kappa shape index (κ3) is 5.17. The molecule has 4 rings (SSSR count). The minimum absolute atomic E-state index is 0.00365. The second-order valence-electron chi connectivity index (χ2n) is 7.87. The van der Waals surface area contributed by atoms with E-state index in [1.807, 2.05) is 6.92 Å². The van der Waals surface area contributed by atoms with Gasteiger partial charge in [0.25, 0.3) is 5.91 Å². The number of hydrogen-bond donors (Lipinski definition) is 3. The highest BCUT2D eigenvalue weighted by Crippen LogP contribution is 2.30. The third-order valence-electron chi connectivity index (χ3n) is 5.58. The van der Waals surface area contributed by atoms with Crippen LogP contribution in [0, 0.1) is 0 Å². The van der Waals surface area contributed by atoms with Crippen molar-refractivity contribution in [2.24, 2.45) is 0 Å². The lowest BCUT2D eigenvalue weighted by molar-refractivity contribution is -0.192. The van der Waals surface area contributed by atoms with Crippen LogP contribution in [0.5, 0.6) is 0 Å². The quantitative estimate of drug-likeness (QED) is 0.434. The van der Waals surface area contributed by atoms with Crippen LogP contribution in [0.3, 0.4) is 0 Å². The molecule has 2 fully saturated rings. The van der Waals surface area contributed by atoms with Crippen LogP contribution in [-0.2, 0) is 22.6 Å². The summed E-state index contributed by atoms with van der Waals surface area (Å²) < 4.78 is 37.0. The number of aryl methyl sites for hydroxylation is 1. The monoisotopic (exact) mass is 503 g/mol. The van der Waals surface area contributed by atoms with Crippen LogP contribution in [0.15, 0.2) is 27.4 Å². The van der Waals surface area contributed by atoms with Gasteiger partial charge < -0.3 is 20.2 Å². The molecule has 34 heavy (non-hydrogen) atoms. The lowest BCUT2D eigenvalue weighted by atomic mass is 9.90. The van der Waals surface area contributed by atoms with Crippen molar-refractivity contribution >= 4 is 40.5 Å². The molecule has 1 unspecified atom stereocenters. The molecular weight excluding hydrogens is 483 g/mol. The summed E-state index contributed by atoms with van der Waals surface area (Å²) in [5, 5.41) is 14.3. The zero-order chi connectivity index (χ0) is 25.3. The number of benzene rings is 1. The Labute approximate surface area is 195 Å². The van der Waals surface area contributed by atoms with Gasteiger partial charge in [0.2, 0.25) is 0 Å². The average molecular weight is 504 g/mol. The SMILES string of the molecule is CCc1cc2oc(=O)cc(CN3C(=O)NC4(CCCNC4)C3=O)c2cc1Cl.O=C(O)C(F)(F)F. The van der Waals surface area contributed by atoms with E-state index in [2.05, 4.69) is 10.6 Å². The summed E-state index contributed by atoms with van der Waals surface area (Å²) in [6.45, 7) is 3.20. The number of piperidine rings is 1. The highest BCUT2D eigenvalue weighted by Gasteiger charge is 2.51. The highest BCUT2D eigenvalue weighted by molar-refractivity contribution is 6.32. The number of fused-ring (bicyclic) bond motifs is 1. The standard InChI is InChI=1S/C19H20ClN3O4.C2HF3O2/c1-2-11-6-15-13(8-14(11)20)12(7-16(24)27-15)9-23-17(25)19(22-18(23)26)4-3-5-21-10-19;3-2(4,5)1(6)7/h6-8,21H,2-5,9-10H2,1H3,(H,22,26);(H,6,7). The van der Waals surface area contributed by atoms with Crippen molar-refractivity contribution in [3.05, 3.63) is 44.8 Å². The zero-order valence-electron chi connectivity index (χ0n) is 17.9. The Morgan fingerprint density at radius 2 is 1.91 bits per heavy atom. The largest absolute Gasteiger partial charge is 0.490 e. The number of alkyl halides is 3. The average Bonchev–Trinajstić information content (AvgIpc) is 2.97. The van der Waals surface area contributed by atoms with Gasteiger partial charge in [-0.15, -0.1) is 0 Å². The molecule has 2 aliphatic heterocycles. The van der Waals surface area contributed by atoms with E-state index in [4.69, 9.17) is 25.9 Å². The van der Waals surface area contributed by atoms with Gasteiger partial charge in [-0.1, -0.05) is 18.5 Å². The number of carbonyl (C=O) groups excluding carboxylic acids is 2. The van der Waals surface area contributed by atoms with Crippen LogP contribution >= 0.6 is 11.6 Å². The molecule has 13 heteroatoms. The number of amides is 3. The molecule has 9 nitrogen and oxygen atoms in total. The Morgan fingerprint density at radius 1 is 1.24 bits per heavy atom. The second-order valence-corrected chi connectivity index (χ2v) is 8.28. The first-order valence-corrected chi connectivity index (χ1v) is 10.7. The number of urea groups is 1. The van der Waals surface area contributed by atoms with E-state index in [0.717, 1.165) is 18.5 Å². The van der Waals surface area contributed by atoms with Crippen LogP contribution in [0.2, 0.25) is 5.02 Å².